The van der Waals surface area contributed by atoms with Gasteiger partial charge in [-0.1, -0.05) is 67.5 Å². The van der Waals surface area contributed by atoms with Gasteiger partial charge < -0.3 is 50.5 Å². The van der Waals surface area contributed by atoms with Crippen LogP contribution in [-0.2, 0) is 55.7 Å². The number of nitrogens with one attached hydrogen (secondary N) is 3. The molecule has 9 amide bonds. The molecule has 0 spiro atoms. The molecule has 2 aliphatic heterocycles. The van der Waals surface area contributed by atoms with Gasteiger partial charge in [-0.3, -0.25) is 43.2 Å². The van der Waals surface area contributed by atoms with E-state index in [9.17, 15) is 56.6 Å². The first-order valence-electron chi connectivity index (χ1n) is 26.6. The summed E-state index contributed by atoms with van der Waals surface area (Å²) in [6.07, 6.45) is -4.75. The number of carbonyl (C=O) groups excluding carboxylic acids is 9. The highest BCUT2D eigenvalue weighted by Crippen LogP contribution is 2.30. The summed E-state index contributed by atoms with van der Waals surface area (Å²) >= 11 is 0. The Bertz CT molecular complexity index is 2180. The molecule has 4 N–H and O–H groups in total. The van der Waals surface area contributed by atoms with E-state index in [1.54, 1.807) is 13.8 Å². The number of alkyl halides is 3. The fourth-order valence-electron chi connectivity index (χ4n) is 9.65. The van der Waals surface area contributed by atoms with E-state index in [0.717, 1.165) is 45.4 Å². The van der Waals surface area contributed by atoms with Crippen LogP contribution in [0, 0.1) is 23.7 Å². The molecule has 0 aliphatic carbocycles. The molecular weight excluding hydrogens is 992 g/mol. The molecule has 3 rings (SSSR count). The van der Waals surface area contributed by atoms with Crippen molar-refractivity contribution in [1.82, 2.24) is 45.3 Å². The Morgan fingerprint density at radius 3 is 1.57 bits per heavy atom. The molecule has 0 aromatic heterocycles. The third-order valence-electron chi connectivity index (χ3n) is 14.1. The molecule has 76 heavy (non-hydrogen) atoms. The molecule has 8 atom stereocenters. The normalized spacial score (nSPS) is 25.1. The first-order valence-corrected chi connectivity index (χ1v) is 26.6. The first kappa shape index (κ1) is 64.5. The van der Waals surface area contributed by atoms with E-state index in [0.29, 0.717) is 25.9 Å². The highest BCUT2D eigenvalue weighted by molar-refractivity contribution is 5.99. The number of likely N-dealkylation sites (tertiary alicyclic amines) is 1. The summed E-state index contributed by atoms with van der Waals surface area (Å²) in [5.41, 5.74) is -0.764. The van der Waals surface area contributed by atoms with Gasteiger partial charge in [0.05, 0.1) is 24.6 Å². The van der Waals surface area contributed by atoms with E-state index in [4.69, 9.17) is 0 Å². The van der Waals surface area contributed by atoms with E-state index in [2.05, 4.69) is 16.0 Å². The molecule has 0 saturated carbocycles. The van der Waals surface area contributed by atoms with Gasteiger partial charge in [-0.25, -0.2) is 0 Å². The maximum atomic E-state index is 15.1. The summed E-state index contributed by atoms with van der Waals surface area (Å²) in [5, 5.41) is 19.1. The lowest BCUT2D eigenvalue weighted by Crippen LogP contribution is -2.61. The van der Waals surface area contributed by atoms with Gasteiger partial charge in [-0.15, -0.1) is 0 Å². The second-order valence-corrected chi connectivity index (χ2v) is 22.5. The third-order valence-corrected chi connectivity index (χ3v) is 14.1. The highest BCUT2D eigenvalue weighted by Gasteiger charge is 2.43. The first-order chi connectivity index (χ1) is 35.3. The smallest absolute Gasteiger partial charge is 0.391 e. The van der Waals surface area contributed by atoms with Gasteiger partial charge in [0.1, 0.15) is 42.3 Å². The number of likely N-dealkylation sites (N-methyl/N-ethyl adjacent to an activating group) is 5. The van der Waals surface area contributed by atoms with Crippen molar-refractivity contribution in [2.45, 2.75) is 175 Å². The maximum Gasteiger partial charge on any atom is 0.416 e. The second kappa shape index (κ2) is 28.5. The molecule has 2 aliphatic rings. The van der Waals surface area contributed by atoms with Crippen LogP contribution in [0.5, 0.6) is 0 Å². The molecule has 2 fully saturated rings. The lowest BCUT2D eigenvalue weighted by atomic mass is 9.96. The zero-order valence-corrected chi connectivity index (χ0v) is 47.2. The molecule has 2 saturated heterocycles. The number of halogens is 3. The number of aliphatic hydroxyl groups excluding tert-OH is 1. The largest absolute Gasteiger partial charge is 0.416 e. The lowest BCUT2D eigenvalue weighted by Gasteiger charge is -2.38. The Morgan fingerprint density at radius 2 is 1.07 bits per heavy atom. The zero-order chi connectivity index (χ0) is 57.7. The number of benzene rings is 1. The maximum absolute atomic E-state index is 15.1. The number of rotatable bonds is 12. The SMILES string of the molecule is CC(C)C[C@@H]1NC(=O)C[C@@H](C(=O)N2CCCCC2)N(C)C(=O)C(Cc2ccc(C(F)(F)F)cc2)NC(=O)[C@H](CC(C)C)N(C)C(=O)CN(C)C(=O)[C@H]([C@@H](C)O)NC(=O)[C@H](CC(C)C)N(C)C(=O)[C@H](CC(C)C)N(C)C1=O. The zero-order valence-electron chi connectivity index (χ0n) is 47.2. The van der Waals surface area contributed by atoms with E-state index in [-0.39, 0.29) is 61.3 Å². The Labute approximate surface area is 447 Å². The van der Waals surface area contributed by atoms with Crippen LogP contribution in [-0.4, -0.2) is 191 Å². The van der Waals surface area contributed by atoms with Gasteiger partial charge in [0, 0.05) is 54.7 Å². The average molecular weight is 1080 g/mol. The lowest BCUT2D eigenvalue weighted by molar-refractivity contribution is -0.151. The van der Waals surface area contributed by atoms with Gasteiger partial charge in [-0.05, 0) is 93.2 Å². The van der Waals surface area contributed by atoms with Crippen LogP contribution in [0.1, 0.15) is 125 Å². The molecule has 0 radical (unpaired) electrons. The Morgan fingerprint density at radius 1 is 0.592 bits per heavy atom. The Kier molecular flexibility index (Phi) is 24.2. The second-order valence-electron chi connectivity index (χ2n) is 22.5. The average Bonchev–Trinajstić information content (AvgIpc) is 3.34. The predicted molar refractivity (Wildman–Crippen MR) is 279 cm³/mol. The highest BCUT2D eigenvalue weighted by atomic mass is 19.4. The molecule has 1 aromatic carbocycles. The predicted octanol–water partition coefficient (Wildman–Crippen LogP) is 3.45. The van der Waals surface area contributed by atoms with Crippen molar-refractivity contribution in [2.75, 3.05) is 54.9 Å². The van der Waals surface area contributed by atoms with Crippen LogP contribution < -0.4 is 16.0 Å². The van der Waals surface area contributed by atoms with Crippen molar-refractivity contribution in [3.8, 4) is 0 Å². The van der Waals surface area contributed by atoms with E-state index >= 15 is 4.79 Å². The van der Waals surface area contributed by atoms with Crippen LogP contribution in [0.4, 0.5) is 13.2 Å². The van der Waals surface area contributed by atoms with Crippen molar-refractivity contribution >= 4 is 53.2 Å². The molecule has 2 heterocycles. The van der Waals surface area contributed by atoms with Crippen molar-refractivity contribution in [1.29, 1.82) is 0 Å². The summed E-state index contributed by atoms with van der Waals surface area (Å²) in [5.74, 6) is -7.59. The van der Waals surface area contributed by atoms with Crippen molar-refractivity contribution in [2.24, 2.45) is 23.7 Å². The summed E-state index contributed by atoms with van der Waals surface area (Å²) in [6.45, 7) is 15.8. The minimum Gasteiger partial charge on any atom is -0.391 e. The number of hydrogen-bond acceptors (Lipinski definition) is 10. The van der Waals surface area contributed by atoms with Gasteiger partial charge >= 0.3 is 6.18 Å². The number of aliphatic hydroxyl groups is 1. The molecule has 19 nitrogen and oxygen atoms in total. The molecular formula is C54H86F3N9O10. The minimum absolute atomic E-state index is 0.0261. The molecule has 428 valence electrons. The summed E-state index contributed by atoms with van der Waals surface area (Å²) in [6, 6.07) is -5.69. The van der Waals surface area contributed by atoms with Crippen molar-refractivity contribution in [3.63, 3.8) is 0 Å². The standard InChI is InChI=1S/C54H86F3N9O10/c1-31(2)24-38-49(72)64(13)42(27-34(7)8)51(74)63(12)41(26-33(5)6)48(71)60-46(35(9)67)53(76)61(10)30-45(69)62(11)40(25-32(3)4)47(70)59-39(28-36-18-20-37(21-19-36)54(55,56)57)50(73)65(14)43(29-44(68)58-38)52(75)66-22-16-15-17-23-66/h18-21,31-35,38-43,46,67H,15-17,22-30H2,1-14H3,(H,58,68)(H,59,70)(H,60,71)/t35-,38+,39?,40+,41+,42+,43+,46+/m1/s1. The summed E-state index contributed by atoms with van der Waals surface area (Å²) in [4.78, 5) is 138. The van der Waals surface area contributed by atoms with Gasteiger partial charge in [0.15, 0.2) is 0 Å². The summed E-state index contributed by atoms with van der Waals surface area (Å²) < 4.78 is 41.1. The van der Waals surface area contributed by atoms with E-state index in [1.165, 1.54) is 56.9 Å². The number of piperidine rings is 1. The topological polar surface area (TPSA) is 229 Å². The van der Waals surface area contributed by atoms with Gasteiger partial charge in [0.2, 0.25) is 53.2 Å². The monoisotopic (exact) mass is 1080 g/mol. The number of carbonyl (C=O) groups is 9. The number of amides is 9. The number of nitrogens with zero attached hydrogens (tertiary/aromatic N) is 6. The van der Waals surface area contributed by atoms with Crippen LogP contribution in [0.15, 0.2) is 24.3 Å². The summed E-state index contributed by atoms with van der Waals surface area (Å²) in [7, 11) is 6.71. The Balaban J connectivity index is 2.34. The van der Waals surface area contributed by atoms with Crippen molar-refractivity contribution in [3.05, 3.63) is 35.4 Å². The van der Waals surface area contributed by atoms with E-state index in [1.807, 2.05) is 41.5 Å². The minimum atomic E-state index is -4.68. The van der Waals surface area contributed by atoms with Crippen LogP contribution in [0.2, 0.25) is 0 Å². The van der Waals surface area contributed by atoms with Crippen LogP contribution in [0.3, 0.4) is 0 Å². The van der Waals surface area contributed by atoms with E-state index < -0.39 is 126 Å². The molecule has 1 unspecified atom stereocenters. The van der Waals surface area contributed by atoms with Gasteiger partial charge in [0.25, 0.3) is 0 Å². The fourth-order valence-corrected chi connectivity index (χ4v) is 9.65. The third kappa shape index (κ3) is 18.2. The molecule has 22 heteroatoms. The van der Waals surface area contributed by atoms with Crippen LogP contribution in [0.25, 0.3) is 0 Å². The van der Waals surface area contributed by atoms with Gasteiger partial charge in [-0.2, -0.15) is 13.2 Å². The fraction of sp³-hybridized carbons (Fsp3) is 0.722. The molecule has 0 bridgehead atoms. The Hall–Kier alpha value is -5.80. The molecule has 1 aromatic rings. The van der Waals surface area contributed by atoms with Crippen molar-refractivity contribution < 1.29 is 61.4 Å². The van der Waals surface area contributed by atoms with Crippen LogP contribution >= 0.6 is 0 Å². The number of hydrogen-bond donors (Lipinski definition) is 4. The quantitative estimate of drug-likeness (QED) is 0.238.